The van der Waals surface area contributed by atoms with E-state index in [9.17, 15) is 19.7 Å². The van der Waals surface area contributed by atoms with Gasteiger partial charge in [-0.05, 0) is 38.0 Å². The first-order valence-corrected chi connectivity index (χ1v) is 12.0. The molecular weight excluding hydrogens is 468 g/mol. The summed E-state index contributed by atoms with van der Waals surface area (Å²) in [5.41, 5.74) is 2.45. The molecule has 1 heterocycles. The SMILES string of the molecule is Cc1ccc(C(=O)N[C@@H](c2nnc(SCC(=O)Nc3ccc(C)c([N+](=O)[O-])c3)n2C)C(C)C)cc1. The normalized spacial score (nSPS) is 11.8. The fourth-order valence-corrected chi connectivity index (χ4v) is 4.11. The minimum Gasteiger partial charge on any atom is -0.342 e. The molecule has 0 spiro atoms. The van der Waals surface area contributed by atoms with Gasteiger partial charge in [-0.3, -0.25) is 19.7 Å². The molecule has 0 saturated heterocycles. The van der Waals surface area contributed by atoms with Crippen LogP contribution in [0.15, 0.2) is 47.6 Å². The third-order valence-electron chi connectivity index (χ3n) is 5.44. The van der Waals surface area contributed by atoms with Crippen molar-refractivity contribution in [1.82, 2.24) is 20.1 Å². The first kappa shape index (κ1) is 25.9. The second kappa shape index (κ2) is 11.1. The number of nitrogens with one attached hydrogen (secondary N) is 2. The van der Waals surface area contributed by atoms with Crippen molar-refractivity contribution in [2.45, 2.75) is 38.9 Å². The molecule has 11 heteroatoms. The van der Waals surface area contributed by atoms with Crippen molar-refractivity contribution in [3.63, 3.8) is 0 Å². The maximum Gasteiger partial charge on any atom is 0.274 e. The fourth-order valence-electron chi connectivity index (χ4n) is 3.39. The number of nitrogens with zero attached hydrogens (tertiary/aromatic N) is 4. The maximum absolute atomic E-state index is 12.8. The van der Waals surface area contributed by atoms with E-state index in [-0.39, 0.29) is 35.2 Å². The zero-order valence-electron chi connectivity index (χ0n) is 20.2. The number of carbonyl (C=O) groups is 2. The lowest BCUT2D eigenvalue weighted by molar-refractivity contribution is -0.385. The zero-order valence-corrected chi connectivity index (χ0v) is 21.0. The number of aromatic nitrogens is 3. The lowest BCUT2D eigenvalue weighted by Crippen LogP contribution is -2.33. The average molecular weight is 497 g/mol. The summed E-state index contributed by atoms with van der Waals surface area (Å²) in [5, 5.41) is 25.8. The summed E-state index contributed by atoms with van der Waals surface area (Å²) < 4.78 is 1.76. The molecule has 0 unspecified atom stereocenters. The summed E-state index contributed by atoms with van der Waals surface area (Å²) in [6.45, 7) is 7.56. The molecule has 3 rings (SSSR count). The van der Waals surface area contributed by atoms with Crippen LogP contribution in [0.3, 0.4) is 0 Å². The van der Waals surface area contributed by atoms with Crippen LogP contribution in [0.4, 0.5) is 11.4 Å². The van der Waals surface area contributed by atoms with E-state index in [2.05, 4.69) is 20.8 Å². The van der Waals surface area contributed by atoms with Gasteiger partial charge in [0.25, 0.3) is 11.6 Å². The number of hydrogen-bond acceptors (Lipinski definition) is 7. The molecular formula is C24H28N6O4S. The Kier molecular flexibility index (Phi) is 8.23. The lowest BCUT2D eigenvalue weighted by Gasteiger charge is -2.21. The summed E-state index contributed by atoms with van der Waals surface area (Å²) in [6.07, 6.45) is 0. The van der Waals surface area contributed by atoms with Gasteiger partial charge in [-0.15, -0.1) is 10.2 Å². The van der Waals surface area contributed by atoms with Crippen LogP contribution in [0.5, 0.6) is 0 Å². The highest BCUT2D eigenvalue weighted by atomic mass is 32.2. The van der Waals surface area contributed by atoms with Crippen molar-refractivity contribution >= 4 is 35.0 Å². The van der Waals surface area contributed by atoms with E-state index in [4.69, 9.17) is 0 Å². The number of rotatable bonds is 9. The average Bonchev–Trinajstić information content (AvgIpc) is 3.17. The molecule has 0 radical (unpaired) electrons. The molecule has 2 aromatic carbocycles. The van der Waals surface area contributed by atoms with Gasteiger partial charge in [0, 0.05) is 29.9 Å². The first-order chi connectivity index (χ1) is 16.6. The van der Waals surface area contributed by atoms with Crippen molar-refractivity contribution in [2.24, 2.45) is 13.0 Å². The minimum atomic E-state index is -0.483. The van der Waals surface area contributed by atoms with E-state index < -0.39 is 4.92 Å². The van der Waals surface area contributed by atoms with Crippen molar-refractivity contribution in [3.8, 4) is 0 Å². The van der Waals surface area contributed by atoms with Crippen molar-refractivity contribution in [3.05, 3.63) is 75.1 Å². The predicted molar refractivity (Wildman–Crippen MR) is 134 cm³/mol. The Morgan fingerprint density at radius 2 is 1.80 bits per heavy atom. The lowest BCUT2D eigenvalue weighted by atomic mass is 10.0. The monoisotopic (exact) mass is 496 g/mol. The number of carbonyl (C=O) groups excluding carboxylic acids is 2. The van der Waals surface area contributed by atoms with Crippen molar-refractivity contribution in [1.29, 1.82) is 0 Å². The van der Waals surface area contributed by atoms with Crippen LogP contribution in [0.2, 0.25) is 0 Å². The zero-order chi connectivity index (χ0) is 25.7. The molecule has 0 aliphatic rings. The van der Waals surface area contributed by atoms with Crippen LogP contribution in [0.1, 0.15) is 47.2 Å². The third-order valence-corrected chi connectivity index (χ3v) is 6.46. The Balaban J connectivity index is 1.66. The highest BCUT2D eigenvalue weighted by Crippen LogP contribution is 2.25. The smallest absolute Gasteiger partial charge is 0.274 e. The number of amides is 2. The molecule has 1 atom stereocenters. The molecule has 0 fully saturated rings. The standard InChI is InChI=1S/C24H28N6O4S/c1-14(2)21(26-23(32)17-9-6-15(3)7-10-17)22-27-28-24(29(22)5)35-13-20(31)25-18-11-8-16(4)19(12-18)30(33)34/h6-12,14,21H,13H2,1-5H3,(H,25,31)(H,26,32)/t21-/m1/s1. The number of aryl methyl sites for hydroxylation is 2. The molecule has 0 aliphatic heterocycles. The van der Waals surface area contributed by atoms with Gasteiger partial charge in [-0.25, -0.2) is 0 Å². The van der Waals surface area contributed by atoms with Gasteiger partial charge in [-0.2, -0.15) is 0 Å². The molecule has 2 amide bonds. The van der Waals surface area contributed by atoms with E-state index in [1.54, 1.807) is 42.8 Å². The summed E-state index contributed by atoms with van der Waals surface area (Å²) in [4.78, 5) is 35.8. The van der Waals surface area contributed by atoms with Gasteiger partial charge in [0.2, 0.25) is 5.91 Å². The number of thioether (sulfide) groups is 1. The molecule has 0 aliphatic carbocycles. The molecule has 2 N–H and O–H groups in total. The molecule has 0 saturated carbocycles. The van der Waals surface area contributed by atoms with Crippen molar-refractivity contribution < 1.29 is 14.5 Å². The summed E-state index contributed by atoms with van der Waals surface area (Å²) in [6, 6.07) is 11.5. The van der Waals surface area contributed by atoms with Gasteiger partial charge in [0.1, 0.15) is 0 Å². The molecule has 1 aromatic heterocycles. The van der Waals surface area contributed by atoms with Crippen LogP contribution < -0.4 is 10.6 Å². The highest BCUT2D eigenvalue weighted by molar-refractivity contribution is 7.99. The van der Waals surface area contributed by atoms with Gasteiger partial charge >= 0.3 is 0 Å². The van der Waals surface area contributed by atoms with Crippen LogP contribution in [-0.4, -0.2) is 37.3 Å². The number of anilines is 1. The van der Waals surface area contributed by atoms with Crippen molar-refractivity contribution in [2.75, 3.05) is 11.1 Å². The summed E-state index contributed by atoms with van der Waals surface area (Å²) in [7, 11) is 1.78. The Morgan fingerprint density at radius 1 is 1.11 bits per heavy atom. The Morgan fingerprint density at radius 3 is 2.43 bits per heavy atom. The molecule has 10 nitrogen and oxygen atoms in total. The Hall–Kier alpha value is -3.73. The van der Waals surface area contributed by atoms with Gasteiger partial charge in [0.05, 0.1) is 16.7 Å². The largest absolute Gasteiger partial charge is 0.342 e. The van der Waals surface area contributed by atoms with Gasteiger partial charge in [-0.1, -0.05) is 49.4 Å². The molecule has 184 valence electrons. The topological polar surface area (TPSA) is 132 Å². The molecule has 0 bridgehead atoms. The number of benzene rings is 2. The van der Waals surface area contributed by atoms with E-state index in [1.807, 2.05) is 32.9 Å². The van der Waals surface area contributed by atoms with E-state index in [1.165, 1.54) is 17.8 Å². The quantitative estimate of drug-likeness (QED) is 0.258. The summed E-state index contributed by atoms with van der Waals surface area (Å²) in [5.74, 6) is 0.136. The first-order valence-electron chi connectivity index (χ1n) is 11.0. The van der Waals surface area contributed by atoms with Gasteiger partial charge < -0.3 is 15.2 Å². The number of hydrogen-bond donors (Lipinski definition) is 2. The highest BCUT2D eigenvalue weighted by Gasteiger charge is 2.25. The van der Waals surface area contributed by atoms with Crippen LogP contribution in [0.25, 0.3) is 0 Å². The van der Waals surface area contributed by atoms with E-state index in [0.29, 0.717) is 27.8 Å². The second-order valence-electron chi connectivity index (χ2n) is 8.56. The minimum absolute atomic E-state index is 0.0374. The Bertz CT molecular complexity index is 1240. The number of nitro benzene ring substituents is 1. The van der Waals surface area contributed by atoms with E-state index >= 15 is 0 Å². The molecule has 3 aromatic rings. The third kappa shape index (κ3) is 6.44. The number of nitro groups is 1. The van der Waals surface area contributed by atoms with Crippen LogP contribution in [0, 0.1) is 29.9 Å². The van der Waals surface area contributed by atoms with Gasteiger partial charge in [0.15, 0.2) is 11.0 Å². The maximum atomic E-state index is 12.8. The predicted octanol–water partition coefficient (Wildman–Crippen LogP) is 4.20. The van der Waals surface area contributed by atoms with E-state index in [0.717, 1.165) is 5.56 Å². The fraction of sp³-hybridized carbons (Fsp3) is 0.333. The van der Waals surface area contributed by atoms with Crippen LogP contribution in [-0.2, 0) is 11.8 Å². The summed E-state index contributed by atoms with van der Waals surface area (Å²) >= 11 is 1.19. The second-order valence-corrected chi connectivity index (χ2v) is 9.50. The Labute approximate surface area is 207 Å². The van der Waals surface area contributed by atoms with Crippen LogP contribution >= 0.6 is 11.8 Å². The molecule has 35 heavy (non-hydrogen) atoms.